The Balaban J connectivity index is 1.66. The molecule has 4 rings (SSSR count). The Morgan fingerprint density at radius 3 is 2.50 bits per heavy atom. The predicted octanol–water partition coefficient (Wildman–Crippen LogP) is 3.18. The molecule has 2 heterocycles. The fourth-order valence-corrected chi connectivity index (χ4v) is 3.40. The molecule has 1 aromatic heterocycles. The van der Waals surface area contributed by atoms with Crippen molar-refractivity contribution >= 4 is 10.9 Å². The second kappa shape index (κ2) is 5.89. The van der Waals surface area contributed by atoms with Crippen LogP contribution in [0, 0.1) is 0 Å². The summed E-state index contributed by atoms with van der Waals surface area (Å²) < 4.78 is 0. The quantitative estimate of drug-likeness (QED) is 0.678. The average Bonchev–Trinajstić information content (AvgIpc) is 2.62. The van der Waals surface area contributed by atoms with Crippen LogP contribution in [-0.4, -0.2) is 28.3 Å². The largest absolute Gasteiger partial charge is 0.493 e. The highest BCUT2D eigenvalue weighted by molar-refractivity contribution is 5.84. The number of nitrogens with zero attached hydrogens (tertiary/aromatic N) is 1. The van der Waals surface area contributed by atoms with Crippen molar-refractivity contribution < 1.29 is 10.2 Å². The minimum atomic E-state index is -0.762. The number of hydrogen-bond acceptors (Lipinski definition) is 4. The van der Waals surface area contributed by atoms with E-state index in [1.54, 1.807) is 6.07 Å². The van der Waals surface area contributed by atoms with Crippen LogP contribution in [0.25, 0.3) is 22.0 Å². The Morgan fingerprint density at radius 2 is 1.75 bits per heavy atom. The Morgan fingerprint density at radius 1 is 0.958 bits per heavy atom. The van der Waals surface area contributed by atoms with E-state index in [0.29, 0.717) is 6.54 Å². The summed E-state index contributed by atoms with van der Waals surface area (Å²) in [6.45, 7) is 1.58. The molecular formula is C20H20N2O2. The molecule has 3 N–H and O–H groups in total. The monoisotopic (exact) mass is 320 g/mol. The highest BCUT2D eigenvalue weighted by Gasteiger charge is 2.30. The number of rotatable bonds is 2. The number of aromatic nitrogens is 1. The number of aliphatic hydroxyl groups is 1. The van der Waals surface area contributed by atoms with Gasteiger partial charge in [-0.3, -0.25) is 0 Å². The van der Waals surface area contributed by atoms with Crippen molar-refractivity contribution in [1.29, 1.82) is 0 Å². The van der Waals surface area contributed by atoms with Crippen molar-refractivity contribution in [2.75, 3.05) is 13.1 Å². The lowest BCUT2D eigenvalue weighted by Crippen LogP contribution is -2.43. The van der Waals surface area contributed by atoms with E-state index in [0.717, 1.165) is 47.0 Å². The predicted molar refractivity (Wildman–Crippen MR) is 94.8 cm³/mol. The van der Waals surface area contributed by atoms with E-state index in [1.807, 2.05) is 30.3 Å². The third-order valence-electron chi connectivity index (χ3n) is 4.79. The molecule has 1 aliphatic heterocycles. The first-order valence-corrected chi connectivity index (χ1v) is 8.28. The van der Waals surface area contributed by atoms with Crippen LogP contribution in [-0.2, 0) is 5.60 Å². The minimum Gasteiger partial charge on any atom is -0.493 e. The normalized spacial score (nSPS) is 21.0. The van der Waals surface area contributed by atoms with Gasteiger partial charge < -0.3 is 15.5 Å². The number of nitrogens with one attached hydrogen (secondary N) is 1. The second-order valence-electron chi connectivity index (χ2n) is 6.47. The first-order valence-electron chi connectivity index (χ1n) is 8.28. The van der Waals surface area contributed by atoms with Gasteiger partial charge in [0, 0.05) is 18.0 Å². The van der Waals surface area contributed by atoms with Crippen LogP contribution in [0.4, 0.5) is 0 Å². The minimum absolute atomic E-state index is 0.0361. The molecule has 4 nitrogen and oxygen atoms in total. The second-order valence-corrected chi connectivity index (χ2v) is 6.47. The molecule has 1 saturated heterocycles. The highest BCUT2D eigenvalue weighted by atomic mass is 16.3. The van der Waals surface area contributed by atoms with Crippen LogP contribution in [0.5, 0.6) is 5.88 Å². The molecule has 0 saturated carbocycles. The van der Waals surface area contributed by atoms with Gasteiger partial charge in [0.25, 0.3) is 0 Å². The van der Waals surface area contributed by atoms with Crippen LogP contribution in [0.15, 0.2) is 54.6 Å². The molecular weight excluding hydrogens is 300 g/mol. The van der Waals surface area contributed by atoms with E-state index >= 15 is 0 Å². The van der Waals surface area contributed by atoms with Gasteiger partial charge in [-0.05, 0) is 54.3 Å². The summed E-state index contributed by atoms with van der Waals surface area (Å²) in [5.41, 5.74) is 3.17. The number of hydrogen-bond donors (Lipinski definition) is 3. The maximum absolute atomic E-state index is 10.8. The molecule has 1 unspecified atom stereocenters. The summed E-state index contributed by atoms with van der Waals surface area (Å²) in [5.74, 6) is 0.0361. The number of aromatic hydroxyl groups is 1. The SMILES string of the molecule is Oc1ccc2cc(-c3ccc(C4(O)CCCNC4)cc3)ccc2n1. The zero-order chi connectivity index (χ0) is 16.6. The fraction of sp³-hybridized carbons (Fsp3) is 0.250. The number of β-amino-alcohol motifs (C(OH)–C–C–N with tert-alkyl or cyclic N) is 1. The lowest BCUT2D eigenvalue weighted by molar-refractivity contribution is 0.0123. The molecule has 0 radical (unpaired) electrons. The van der Waals surface area contributed by atoms with Crippen molar-refractivity contribution in [1.82, 2.24) is 10.3 Å². The van der Waals surface area contributed by atoms with E-state index < -0.39 is 5.60 Å². The Bertz CT molecular complexity index is 868. The molecule has 0 bridgehead atoms. The van der Waals surface area contributed by atoms with Crippen LogP contribution in [0.3, 0.4) is 0 Å². The van der Waals surface area contributed by atoms with Gasteiger partial charge in [0.2, 0.25) is 5.88 Å². The molecule has 1 aliphatic rings. The highest BCUT2D eigenvalue weighted by Crippen LogP contribution is 2.31. The van der Waals surface area contributed by atoms with Gasteiger partial charge >= 0.3 is 0 Å². The smallest absolute Gasteiger partial charge is 0.211 e. The van der Waals surface area contributed by atoms with Gasteiger partial charge in [0.1, 0.15) is 5.60 Å². The molecule has 1 atom stereocenters. The van der Waals surface area contributed by atoms with Crippen molar-refractivity contribution in [2.45, 2.75) is 18.4 Å². The van der Waals surface area contributed by atoms with Gasteiger partial charge in [0.05, 0.1) is 5.52 Å². The van der Waals surface area contributed by atoms with E-state index in [2.05, 4.69) is 28.5 Å². The standard InChI is InChI=1S/C20H20N2O2/c23-19-9-5-16-12-15(4-8-18(16)22-19)14-2-6-17(7-3-14)20(24)10-1-11-21-13-20/h2-9,12,21,24H,1,10-11,13H2,(H,22,23). The Hall–Kier alpha value is -2.43. The maximum atomic E-state index is 10.8. The number of benzene rings is 2. The van der Waals surface area contributed by atoms with E-state index in [1.165, 1.54) is 0 Å². The summed E-state index contributed by atoms with van der Waals surface area (Å²) >= 11 is 0. The van der Waals surface area contributed by atoms with Crippen molar-refractivity contribution in [3.63, 3.8) is 0 Å². The van der Waals surface area contributed by atoms with Gasteiger partial charge in [-0.2, -0.15) is 0 Å². The molecule has 3 aromatic rings. The van der Waals surface area contributed by atoms with Gasteiger partial charge in [0.15, 0.2) is 0 Å². The average molecular weight is 320 g/mol. The topological polar surface area (TPSA) is 65.4 Å². The molecule has 24 heavy (non-hydrogen) atoms. The summed E-state index contributed by atoms with van der Waals surface area (Å²) in [6.07, 6.45) is 1.78. The van der Waals surface area contributed by atoms with Gasteiger partial charge in [-0.1, -0.05) is 30.3 Å². The molecule has 0 spiro atoms. The molecule has 0 aliphatic carbocycles. The van der Waals surface area contributed by atoms with Crippen molar-refractivity contribution in [3.05, 3.63) is 60.2 Å². The lowest BCUT2D eigenvalue weighted by Gasteiger charge is -2.33. The molecule has 0 amide bonds. The van der Waals surface area contributed by atoms with Crippen LogP contribution < -0.4 is 5.32 Å². The molecule has 4 heteroatoms. The lowest BCUT2D eigenvalue weighted by atomic mass is 9.86. The zero-order valence-corrected chi connectivity index (χ0v) is 13.4. The van der Waals surface area contributed by atoms with Crippen LogP contribution in [0.1, 0.15) is 18.4 Å². The van der Waals surface area contributed by atoms with Crippen molar-refractivity contribution in [2.24, 2.45) is 0 Å². The molecule has 1 fully saturated rings. The number of pyridine rings is 1. The van der Waals surface area contributed by atoms with E-state index in [9.17, 15) is 10.2 Å². The molecule has 122 valence electrons. The number of fused-ring (bicyclic) bond motifs is 1. The van der Waals surface area contributed by atoms with Gasteiger partial charge in [-0.15, -0.1) is 0 Å². The summed E-state index contributed by atoms with van der Waals surface area (Å²) in [6, 6.07) is 17.6. The van der Waals surface area contributed by atoms with E-state index in [-0.39, 0.29) is 5.88 Å². The van der Waals surface area contributed by atoms with Crippen LogP contribution in [0.2, 0.25) is 0 Å². The third-order valence-corrected chi connectivity index (χ3v) is 4.79. The summed E-state index contributed by atoms with van der Waals surface area (Å²) in [4.78, 5) is 4.11. The fourth-order valence-electron chi connectivity index (χ4n) is 3.40. The Labute approximate surface area is 140 Å². The molecule has 2 aromatic carbocycles. The number of piperidine rings is 1. The zero-order valence-electron chi connectivity index (χ0n) is 13.4. The third kappa shape index (κ3) is 2.75. The first kappa shape index (κ1) is 15.1. The Kier molecular flexibility index (Phi) is 3.71. The maximum Gasteiger partial charge on any atom is 0.211 e. The van der Waals surface area contributed by atoms with Crippen molar-refractivity contribution in [3.8, 4) is 17.0 Å². The van der Waals surface area contributed by atoms with Crippen LogP contribution >= 0.6 is 0 Å². The first-order chi connectivity index (χ1) is 11.6. The summed E-state index contributed by atoms with van der Waals surface area (Å²) in [5, 5.41) is 24.5. The summed E-state index contributed by atoms with van der Waals surface area (Å²) in [7, 11) is 0. The van der Waals surface area contributed by atoms with Gasteiger partial charge in [-0.25, -0.2) is 4.98 Å². The van der Waals surface area contributed by atoms with E-state index in [4.69, 9.17) is 0 Å².